The van der Waals surface area contributed by atoms with Crippen LogP contribution in [0.3, 0.4) is 0 Å². The molecule has 5 rings (SSSR count). The van der Waals surface area contributed by atoms with E-state index in [0.29, 0.717) is 26.2 Å². The average Bonchev–Trinajstić information content (AvgIpc) is 3.07. The van der Waals surface area contributed by atoms with Gasteiger partial charge in [0.25, 0.3) is 0 Å². The van der Waals surface area contributed by atoms with Crippen molar-refractivity contribution in [3.8, 4) is 0 Å². The van der Waals surface area contributed by atoms with Crippen molar-refractivity contribution < 1.29 is 26.3 Å². The lowest BCUT2D eigenvalue weighted by Crippen LogP contribution is -2.54. The topological polar surface area (TPSA) is 62.7 Å². The molecule has 4 heterocycles. The van der Waals surface area contributed by atoms with Crippen LogP contribution in [0.15, 0.2) is 17.0 Å². The number of nitrogens with zero attached hydrogens (tertiary/aromatic N) is 3. The number of aryl methyl sites for hydroxylation is 1. The SMILES string of the molecule is Cc1nc(C(F)(F)F)ccc1S(=O)(=O)N1CCN(CC23COC(C)(C2)C3)CC1. The lowest BCUT2D eigenvalue weighted by atomic mass is 9.63. The highest BCUT2D eigenvalue weighted by molar-refractivity contribution is 7.89. The van der Waals surface area contributed by atoms with Crippen LogP contribution in [0.5, 0.6) is 0 Å². The molecule has 28 heavy (non-hydrogen) atoms. The van der Waals surface area contributed by atoms with Gasteiger partial charge < -0.3 is 9.64 Å². The molecular formula is C18H24F3N3O3S. The van der Waals surface area contributed by atoms with Crippen molar-refractivity contribution in [1.29, 1.82) is 0 Å². The molecule has 3 aliphatic heterocycles. The molecule has 156 valence electrons. The number of ether oxygens (including phenoxy) is 1. The van der Waals surface area contributed by atoms with Crippen LogP contribution in [0.2, 0.25) is 0 Å². The van der Waals surface area contributed by atoms with Gasteiger partial charge in [-0.05, 0) is 38.8 Å². The van der Waals surface area contributed by atoms with E-state index in [4.69, 9.17) is 4.74 Å². The van der Waals surface area contributed by atoms with E-state index in [-0.39, 0.29) is 21.6 Å². The van der Waals surface area contributed by atoms with Crippen molar-refractivity contribution >= 4 is 10.0 Å². The maximum Gasteiger partial charge on any atom is 0.433 e. The summed E-state index contributed by atoms with van der Waals surface area (Å²) in [5, 5.41) is 0. The van der Waals surface area contributed by atoms with Gasteiger partial charge in [-0.1, -0.05) is 0 Å². The minimum Gasteiger partial charge on any atom is -0.375 e. The number of piperazine rings is 1. The normalized spacial score (nSPS) is 31.8. The van der Waals surface area contributed by atoms with Gasteiger partial charge in [0.05, 0.1) is 17.9 Å². The first-order valence-corrected chi connectivity index (χ1v) is 10.8. The van der Waals surface area contributed by atoms with Crippen LogP contribution < -0.4 is 0 Å². The van der Waals surface area contributed by atoms with E-state index in [9.17, 15) is 21.6 Å². The zero-order chi connectivity index (χ0) is 20.4. The lowest BCUT2D eigenvalue weighted by Gasteiger charge is -2.46. The summed E-state index contributed by atoms with van der Waals surface area (Å²) < 4.78 is 71.3. The summed E-state index contributed by atoms with van der Waals surface area (Å²) >= 11 is 0. The molecule has 1 aliphatic carbocycles. The Kier molecular flexibility index (Phi) is 4.57. The third-order valence-electron chi connectivity index (χ3n) is 6.06. The third kappa shape index (κ3) is 3.44. The van der Waals surface area contributed by atoms with E-state index in [0.717, 1.165) is 38.1 Å². The van der Waals surface area contributed by atoms with Crippen LogP contribution in [0.1, 0.15) is 31.2 Å². The molecule has 0 spiro atoms. The Morgan fingerprint density at radius 3 is 2.32 bits per heavy atom. The average molecular weight is 419 g/mol. The number of hydrogen-bond donors (Lipinski definition) is 0. The molecule has 3 saturated heterocycles. The van der Waals surface area contributed by atoms with Crippen molar-refractivity contribution in [2.45, 2.75) is 43.4 Å². The summed E-state index contributed by atoms with van der Waals surface area (Å²) in [6.45, 7) is 6.92. The quantitative estimate of drug-likeness (QED) is 0.749. The number of fused-ring (bicyclic) bond motifs is 1. The van der Waals surface area contributed by atoms with Crippen LogP contribution in [0, 0.1) is 12.3 Å². The molecule has 6 nitrogen and oxygen atoms in total. The first-order valence-electron chi connectivity index (χ1n) is 9.34. The number of alkyl halides is 3. The van der Waals surface area contributed by atoms with Gasteiger partial charge in [-0.3, -0.25) is 0 Å². The number of hydrogen-bond acceptors (Lipinski definition) is 5. The molecule has 0 aromatic carbocycles. The fourth-order valence-electron chi connectivity index (χ4n) is 4.94. The Hall–Kier alpha value is -1.23. The second-order valence-electron chi connectivity index (χ2n) is 8.55. The molecule has 4 fully saturated rings. The predicted octanol–water partition coefficient (Wildman–Crippen LogP) is 2.28. The summed E-state index contributed by atoms with van der Waals surface area (Å²) in [6.07, 6.45) is -2.50. The first kappa shape index (κ1) is 20.1. The van der Waals surface area contributed by atoms with Crippen molar-refractivity contribution in [2.24, 2.45) is 5.41 Å². The van der Waals surface area contributed by atoms with Crippen LogP contribution in [-0.2, 0) is 20.9 Å². The highest BCUT2D eigenvalue weighted by Crippen LogP contribution is 2.57. The third-order valence-corrected chi connectivity index (χ3v) is 8.09. The van der Waals surface area contributed by atoms with Crippen LogP contribution in [-0.4, -0.2) is 67.5 Å². The summed E-state index contributed by atoms with van der Waals surface area (Å²) in [4.78, 5) is 5.56. The van der Waals surface area contributed by atoms with Gasteiger partial charge >= 0.3 is 6.18 Å². The number of sulfonamides is 1. The Balaban J connectivity index is 1.41. The minimum absolute atomic E-state index is 0.0261. The smallest absolute Gasteiger partial charge is 0.375 e. The first-order chi connectivity index (χ1) is 12.9. The van der Waals surface area contributed by atoms with Crippen molar-refractivity contribution in [3.05, 3.63) is 23.5 Å². The summed E-state index contributed by atoms with van der Waals surface area (Å²) in [7, 11) is -3.87. The largest absolute Gasteiger partial charge is 0.433 e. The van der Waals surface area contributed by atoms with Crippen molar-refractivity contribution in [3.63, 3.8) is 0 Å². The number of pyridine rings is 1. The molecule has 0 radical (unpaired) electrons. The van der Waals surface area contributed by atoms with Gasteiger partial charge in [0.15, 0.2) is 0 Å². The summed E-state index contributed by atoms with van der Waals surface area (Å²) in [6, 6.07) is 1.74. The second kappa shape index (κ2) is 6.38. The van der Waals surface area contributed by atoms with E-state index < -0.39 is 21.9 Å². The maximum atomic E-state index is 12.9. The summed E-state index contributed by atoms with van der Waals surface area (Å²) in [5.74, 6) is 0. The number of rotatable bonds is 4. The number of halogens is 3. The standard InChI is InChI=1S/C18H24F3N3O3S/c1-13-14(3-4-15(22-13)18(19,20)21)28(25,26)24-7-5-23(6-8-24)11-17-9-16(2,10-17)27-12-17/h3-4H,5-12H2,1-2H3. The number of aromatic nitrogens is 1. The predicted molar refractivity (Wildman–Crippen MR) is 95.2 cm³/mol. The highest BCUT2D eigenvalue weighted by atomic mass is 32.2. The van der Waals surface area contributed by atoms with E-state index >= 15 is 0 Å². The summed E-state index contributed by atoms with van der Waals surface area (Å²) in [5.41, 5.74) is -0.991. The van der Waals surface area contributed by atoms with Gasteiger partial charge in [0.2, 0.25) is 10.0 Å². The molecule has 0 amide bonds. The molecule has 1 saturated carbocycles. The van der Waals surface area contributed by atoms with Gasteiger partial charge in [-0.25, -0.2) is 13.4 Å². The molecule has 0 atom stereocenters. The van der Waals surface area contributed by atoms with Gasteiger partial charge in [-0.2, -0.15) is 17.5 Å². The maximum absolute atomic E-state index is 12.9. The molecule has 2 bridgehead atoms. The van der Waals surface area contributed by atoms with E-state index in [1.165, 1.54) is 11.2 Å². The molecular weight excluding hydrogens is 395 g/mol. The molecule has 1 aromatic rings. The van der Waals surface area contributed by atoms with Gasteiger partial charge in [-0.15, -0.1) is 0 Å². The lowest BCUT2D eigenvalue weighted by molar-refractivity contribution is -0.141. The highest BCUT2D eigenvalue weighted by Gasteiger charge is 2.60. The Morgan fingerprint density at radius 2 is 1.82 bits per heavy atom. The molecule has 1 aromatic heterocycles. The Labute approximate surface area is 162 Å². The zero-order valence-electron chi connectivity index (χ0n) is 15.9. The van der Waals surface area contributed by atoms with E-state index in [1.54, 1.807) is 0 Å². The van der Waals surface area contributed by atoms with Crippen LogP contribution >= 0.6 is 0 Å². The van der Waals surface area contributed by atoms with Crippen molar-refractivity contribution in [1.82, 2.24) is 14.2 Å². The molecule has 0 N–H and O–H groups in total. The minimum atomic E-state index is -4.60. The van der Waals surface area contributed by atoms with Crippen molar-refractivity contribution in [2.75, 3.05) is 39.3 Å². The Morgan fingerprint density at radius 1 is 1.18 bits per heavy atom. The van der Waals surface area contributed by atoms with Gasteiger partial charge in [0.1, 0.15) is 10.6 Å². The van der Waals surface area contributed by atoms with E-state index in [1.807, 2.05) is 0 Å². The monoisotopic (exact) mass is 419 g/mol. The van der Waals surface area contributed by atoms with Crippen LogP contribution in [0.4, 0.5) is 13.2 Å². The molecule has 4 aliphatic rings. The Bertz CT molecular complexity index is 874. The molecule has 0 unspecified atom stereocenters. The van der Waals surface area contributed by atoms with Crippen LogP contribution in [0.25, 0.3) is 0 Å². The fraction of sp³-hybridized carbons (Fsp3) is 0.722. The van der Waals surface area contributed by atoms with E-state index in [2.05, 4.69) is 16.8 Å². The van der Waals surface area contributed by atoms with Gasteiger partial charge in [0, 0.05) is 38.1 Å². The second-order valence-corrected chi connectivity index (χ2v) is 10.5. The fourth-order valence-corrected chi connectivity index (χ4v) is 6.52. The molecule has 10 heteroatoms. The zero-order valence-corrected chi connectivity index (χ0v) is 16.7.